The van der Waals surface area contributed by atoms with Crippen LogP contribution in [0.2, 0.25) is 5.02 Å². The van der Waals surface area contributed by atoms with Gasteiger partial charge in [-0.3, -0.25) is 4.79 Å². The molecular weight excluding hydrogens is 436 g/mol. The fraction of sp³-hybridized carbons (Fsp3) is 0.0526. The van der Waals surface area contributed by atoms with E-state index < -0.39 is 0 Å². The van der Waals surface area contributed by atoms with Gasteiger partial charge in [0, 0.05) is 27.0 Å². The van der Waals surface area contributed by atoms with E-state index in [1.54, 1.807) is 43.7 Å². The molecule has 132 valence electrons. The largest absolute Gasteiger partial charge is 0.496 e. The molecule has 3 rings (SSSR count). The molecule has 4 nitrogen and oxygen atoms in total. The number of ether oxygens (including phenoxy) is 1. The Morgan fingerprint density at radius 3 is 2.73 bits per heavy atom. The van der Waals surface area contributed by atoms with Crippen LogP contribution in [-0.4, -0.2) is 19.2 Å². The van der Waals surface area contributed by atoms with Gasteiger partial charge in [-0.15, -0.1) is 11.3 Å². The lowest BCUT2D eigenvalue weighted by Gasteiger charge is -2.06. The van der Waals surface area contributed by atoms with Gasteiger partial charge in [-0.2, -0.15) is 0 Å². The van der Waals surface area contributed by atoms with Crippen molar-refractivity contribution in [1.29, 1.82) is 0 Å². The molecule has 0 unspecified atom stereocenters. The minimum absolute atomic E-state index is 0.220. The number of anilines is 1. The molecule has 1 N–H and O–H groups in total. The molecule has 0 saturated heterocycles. The summed E-state index contributed by atoms with van der Waals surface area (Å²) in [7, 11) is 1.61. The number of carbonyl (C=O) groups is 1. The number of nitrogens with one attached hydrogen (secondary N) is 1. The van der Waals surface area contributed by atoms with Crippen molar-refractivity contribution in [2.45, 2.75) is 0 Å². The Hall–Kier alpha value is -2.15. The molecule has 0 aliphatic rings. The Labute approximate surface area is 168 Å². The Bertz CT molecular complexity index is 954. The summed E-state index contributed by atoms with van der Waals surface area (Å²) in [5.74, 6) is 0.489. The molecule has 1 amide bonds. The van der Waals surface area contributed by atoms with Crippen LogP contribution in [0.3, 0.4) is 0 Å². The van der Waals surface area contributed by atoms with Crippen LogP contribution in [0.1, 0.15) is 15.9 Å². The molecule has 1 heterocycles. The maximum absolute atomic E-state index is 12.5. The SMILES string of the molecule is COc1ccc(Br)cc1/C=N/c1sccc1C(=O)Nc1ccc(Cl)cc1. The Morgan fingerprint density at radius 1 is 1.23 bits per heavy atom. The summed E-state index contributed by atoms with van der Waals surface area (Å²) < 4.78 is 6.26. The molecule has 2 aromatic carbocycles. The van der Waals surface area contributed by atoms with Crippen molar-refractivity contribution in [3.8, 4) is 5.75 Å². The molecule has 0 spiro atoms. The lowest BCUT2D eigenvalue weighted by Crippen LogP contribution is -2.10. The zero-order valence-electron chi connectivity index (χ0n) is 13.7. The number of thiophene rings is 1. The molecule has 0 atom stereocenters. The van der Waals surface area contributed by atoms with Crippen molar-refractivity contribution in [2.75, 3.05) is 12.4 Å². The first kappa shape index (κ1) is 18.6. The predicted molar refractivity (Wildman–Crippen MR) is 112 cm³/mol. The van der Waals surface area contributed by atoms with E-state index in [4.69, 9.17) is 16.3 Å². The fourth-order valence-electron chi connectivity index (χ4n) is 2.24. The second-order valence-electron chi connectivity index (χ2n) is 5.24. The molecule has 0 aliphatic heterocycles. The fourth-order valence-corrected chi connectivity index (χ4v) is 3.48. The number of aliphatic imine (C=N–C) groups is 1. The van der Waals surface area contributed by atoms with E-state index in [0.29, 0.717) is 27.0 Å². The van der Waals surface area contributed by atoms with E-state index in [1.165, 1.54) is 11.3 Å². The average Bonchev–Trinajstić information content (AvgIpc) is 3.11. The van der Waals surface area contributed by atoms with Crippen molar-refractivity contribution in [3.63, 3.8) is 0 Å². The number of halogens is 2. The highest BCUT2D eigenvalue weighted by Crippen LogP contribution is 2.29. The number of hydrogen-bond donors (Lipinski definition) is 1. The van der Waals surface area contributed by atoms with Crippen molar-refractivity contribution < 1.29 is 9.53 Å². The number of carbonyl (C=O) groups excluding carboxylic acids is 1. The van der Waals surface area contributed by atoms with Gasteiger partial charge in [0.15, 0.2) is 0 Å². The van der Waals surface area contributed by atoms with Crippen LogP contribution in [0.5, 0.6) is 5.75 Å². The molecule has 1 aromatic heterocycles. The van der Waals surface area contributed by atoms with Gasteiger partial charge < -0.3 is 10.1 Å². The number of rotatable bonds is 5. The summed E-state index contributed by atoms with van der Waals surface area (Å²) in [6.45, 7) is 0. The standard InChI is InChI=1S/C19H14BrClN2O2S/c1-25-17-7-2-13(20)10-12(17)11-22-19-16(8-9-26-19)18(24)23-15-5-3-14(21)4-6-15/h2-11H,1H3,(H,23,24)/b22-11+. The summed E-state index contributed by atoms with van der Waals surface area (Å²) in [6, 6.07) is 14.4. The van der Waals surface area contributed by atoms with E-state index in [1.807, 2.05) is 23.6 Å². The second-order valence-corrected chi connectivity index (χ2v) is 7.49. The summed E-state index contributed by atoms with van der Waals surface area (Å²) >= 11 is 10.7. The third-order valence-corrected chi connectivity index (χ3v) is 5.07. The number of nitrogens with zero attached hydrogens (tertiary/aromatic N) is 1. The number of hydrogen-bond acceptors (Lipinski definition) is 4. The van der Waals surface area contributed by atoms with Gasteiger partial charge in [0.1, 0.15) is 10.8 Å². The zero-order valence-corrected chi connectivity index (χ0v) is 16.9. The van der Waals surface area contributed by atoms with E-state index in [9.17, 15) is 4.79 Å². The molecule has 0 bridgehead atoms. The highest BCUT2D eigenvalue weighted by atomic mass is 79.9. The molecule has 0 fully saturated rings. The van der Waals surface area contributed by atoms with Gasteiger partial charge in [0.05, 0.1) is 12.7 Å². The first-order valence-electron chi connectivity index (χ1n) is 7.59. The van der Waals surface area contributed by atoms with Gasteiger partial charge >= 0.3 is 0 Å². The quantitative estimate of drug-likeness (QED) is 0.473. The highest BCUT2D eigenvalue weighted by Gasteiger charge is 2.13. The molecule has 0 radical (unpaired) electrons. The molecular formula is C19H14BrClN2O2S. The zero-order chi connectivity index (χ0) is 18.5. The number of amides is 1. The molecule has 0 aliphatic carbocycles. The van der Waals surface area contributed by atoms with Crippen LogP contribution in [0.4, 0.5) is 10.7 Å². The second kappa shape index (κ2) is 8.49. The summed E-state index contributed by atoms with van der Waals surface area (Å²) in [5, 5.41) is 5.92. The van der Waals surface area contributed by atoms with Crippen molar-refractivity contribution in [1.82, 2.24) is 0 Å². The third kappa shape index (κ3) is 4.52. The van der Waals surface area contributed by atoms with Crippen molar-refractivity contribution in [3.05, 3.63) is 74.5 Å². The lowest BCUT2D eigenvalue weighted by atomic mass is 10.2. The molecule has 3 aromatic rings. The van der Waals surface area contributed by atoms with Crippen molar-refractivity contribution in [2.24, 2.45) is 4.99 Å². The van der Waals surface area contributed by atoms with Crippen LogP contribution in [0.25, 0.3) is 0 Å². The monoisotopic (exact) mass is 448 g/mol. The molecule has 7 heteroatoms. The molecule has 26 heavy (non-hydrogen) atoms. The van der Waals surface area contributed by atoms with Crippen molar-refractivity contribution >= 4 is 61.7 Å². The van der Waals surface area contributed by atoms with E-state index in [2.05, 4.69) is 26.2 Å². The first-order chi connectivity index (χ1) is 12.6. The maximum atomic E-state index is 12.5. The lowest BCUT2D eigenvalue weighted by molar-refractivity contribution is 0.102. The summed E-state index contributed by atoms with van der Waals surface area (Å²) in [4.78, 5) is 17.0. The topological polar surface area (TPSA) is 50.7 Å². The summed E-state index contributed by atoms with van der Waals surface area (Å²) in [6.07, 6.45) is 1.69. The average molecular weight is 450 g/mol. The van der Waals surface area contributed by atoms with Crippen LogP contribution >= 0.6 is 38.9 Å². The summed E-state index contributed by atoms with van der Waals surface area (Å²) in [5.41, 5.74) is 2.00. The van der Waals surface area contributed by atoms with E-state index in [-0.39, 0.29) is 5.91 Å². The number of methoxy groups -OCH3 is 1. The van der Waals surface area contributed by atoms with Gasteiger partial charge in [-0.1, -0.05) is 27.5 Å². The molecule has 0 saturated carbocycles. The third-order valence-electron chi connectivity index (χ3n) is 3.50. The Kier molecular flexibility index (Phi) is 6.08. The van der Waals surface area contributed by atoms with Crippen LogP contribution < -0.4 is 10.1 Å². The predicted octanol–water partition coefficient (Wildman–Crippen LogP) is 6.18. The Balaban J connectivity index is 1.81. The van der Waals surface area contributed by atoms with Crippen LogP contribution in [0.15, 0.2) is 63.4 Å². The normalized spacial score (nSPS) is 10.9. The Morgan fingerprint density at radius 2 is 2.00 bits per heavy atom. The maximum Gasteiger partial charge on any atom is 0.258 e. The van der Waals surface area contributed by atoms with Crippen LogP contribution in [0, 0.1) is 0 Å². The highest BCUT2D eigenvalue weighted by molar-refractivity contribution is 9.10. The van der Waals surface area contributed by atoms with Crippen LogP contribution in [-0.2, 0) is 0 Å². The van der Waals surface area contributed by atoms with E-state index >= 15 is 0 Å². The van der Waals surface area contributed by atoms with E-state index in [0.717, 1.165) is 10.0 Å². The minimum atomic E-state index is -0.220. The van der Waals surface area contributed by atoms with Gasteiger partial charge in [0.2, 0.25) is 0 Å². The van der Waals surface area contributed by atoms with Gasteiger partial charge in [-0.25, -0.2) is 4.99 Å². The van der Waals surface area contributed by atoms with Gasteiger partial charge in [0.25, 0.3) is 5.91 Å². The minimum Gasteiger partial charge on any atom is -0.496 e. The van der Waals surface area contributed by atoms with Gasteiger partial charge in [-0.05, 0) is 53.9 Å². The number of benzene rings is 2. The first-order valence-corrected chi connectivity index (χ1v) is 9.64. The smallest absolute Gasteiger partial charge is 0.258 e.